The lowest BCUT2D eigenvalue weighted by molar-refractivity contribution is 0.433. The summed E-state index contributed by atoms with van der Waals surface area (Å²) in [6, 6.07) is 0. The van der Waals surface area contributed by atoms with Crippen LogP contribution in [0.3, 0.4) is 0 Å². The third-order valence-electron chi connectivity index (χ3n) is 3.83. The van der Waals surface area contributed by atoms with Gasteiger partial charge in [-0.2, -0.15) is 16.7 Å². The van der Waals surface area contributed by atoms with Gasteiger partial charge in [0, 0.05) is 5.25 Å². The lowest BCUT2D eigenvalue weighted by Crippen LogP contribution is -2.18. The van der Waals surface area contributed by atoms with E-state index in [0.717, 1.165) is 32.1 Å². The molecule has 1 aromatic heterocycles. The summed E-state index contributed by atoms with van der Waals surface area (Å²) in [5, 5.41) is 10.5. The van der Waals surface area contributed by atoms with Crippen LogP contribution < -0.4 is 5.56 Å². The first-order chi connectivity index (χ1) is 9.11. The number of rotatable bonds is 5. The fraction of sp³-hybridized carbons (Fsp3) is 0.714. The van der Waals surface area contributed by atoms with Crippen LogP contribution in [0, 0.1) is 0 Å². The average Bonchev–Trinajstić information content (AvgIpc) is 2.88. The molecule has 1 saturated carbocycles. The summed E-state index contributed by atoms with van der Waals surface area (Å²) in [4.78, 5) is 19.1. The first-order valence-corrected chi connectivity index (χ1v) is 8.10. The Balaban J connectivity index is 2.14. The van der Waals surface area contributed by atoms with E-state index in [0.29, 0.717) is 22.4 Å². The molecule has 0 aliphatic heterocycles. The standard InChI is InChI=1S/C14H22N2O2S/c1-3-9(2)19-8-11-15-13(17)12(14(18)16-11)10-6-4-5-7-10/h9-10H,3-8H2,1-2H3,(H2,15,16,17,18). The van der Waals surface area contributed by atoms with Gasteiger partial charge in [-0.3, -0.25) is 4.79 Å². The van der Waals surface area contributed by atoms with E-state index in [9.17, 15) is 9.90 Å². The van der Waals surface area contributed by atoms with E-state index >= 15 is 0 Å². The normalized spacial score (nSPS) is 17.8. The van der Waals surface area contributed by atoms with Crippen molar-refractivity contribution < 1.29 is 5.11 Å². The first kappa shape index (κ1) is 14.4. The number of hydrogen-bond acceptors (Lipinski definition) is 4. The van der Waals surface area contributed by atoms with Gasteiger partial charge in [0.25, 0.3) is 5.56 Å². The topological polar surface area (TPSA) is 66.0 Å². The van der Waals surface area contributed by atoms with Crippen molar-refractivity contribution in [3.63, 3.8) is 0 Å². The second kappa shape index (κ2) is 6.46. The quantitative estimate of drug-likeness (QED) is 0.870. The van der Waals surface area contributed by atoms with Crippen molar-refractivity contribution in [1.82, 2.24) is 9.97 Å². The van der Waals surface area contributed by atoms with E-state index in [2.05, 4.69) is 23.8 Å². The smallest absolute Gasteiger partial charge is 0.258 e. The number of thioether (sulfide) groups is 1. The van der Waals surface area contributed by atoms with Crippen LogP contribution in [0.1, 0.15) is 63.3 Å². The average molecular weight is 282 g/mol. The molecule has 1 fully saturated rings. The highest BCUT2D eigenvalue weighted by atomic mass is 32.2. The molecule has 1 heterocycles. The molecular formula is C14H22N2O2S. The fourth-order valence-electron chi connectivity index (χ4n) is 2.51. The fourth-order valence-corrected chi connectivity index (χ4v) is 3.32. The molecule has 19 heavy (non-hydrogen) atoms. The highest BCUT2D eigenvalue weighted by molar-refractivity contribution is 7.99. The van der Waals surface area contributed by atoms with Crippen molar-refractivity contribution in [3.8, 4) is 5.88 Å². The number of nitrogens with one attached hydrogen (secondary N) is 1. The summed E-state index contributed by atoms with van der Waals surface area (Å²) in [6.07, 6.45) is 5.32. The Kier molecular flexibility index (Phi) is 4.91. The van der Waals surface area contributed by atoms with Crippen LogP contribution >= 0.6 is 11.8 Å². The second-order valence-corrected chi connectivity index (χ2v) is 6.69. The van der Waals surface area contributed by atoms with Crippen molar-refractivity contribution in [2.45, 2.75) is 62.9 Å². The molecule has 4 nitrogen and oxygen atoms in total. The van der Waals surface area contributed by atoms with Crippen molar-refractivity contribution in [2.75, 3.05) is 0 Å². The third-order valence-corrected chi connectivity index (χ3v) is 5.17. The maximum atomic E-state index is 12.1. The number of nitrogens with zero attached hydrogens (tertiary/aromatic N) is 1. The minimum Gasteiger partial charge on any atom is -0.493 e. The van der Waals surface area contributed by atoms with Crippen LogP contribution in [0.15, 0.2) is 4.79 Å². The summed E-state index contributed by atoms with van der Waals surface area (Å²) >= 11 is 1.74. The number of aromatic nitrogens is 2. The molecular weight excluding hydrogens is 260 g/mol. The molecule has 0 aromatic carbocycles. The molecule has 0 amide bonds. The largest absolute Gasteiger partial charge is 0.493 e. The van der Waals surface area contributed by atoms with Gasteiger partial charge in [-0.1, -0.05) is 26.7 Å². The van der Waals surface area contributed by atoms with E-state index in [1.54, 1.807) is 11.8 Å². The summed E-state index contributed by atoms with van der Waals surface area (Å²) in [6.45, 7) is 4.28. The summed E-state index contributed by atoms with van der Waals surface area (Å²) in [5.74, 6) is 1.35. The van der Waals surface area contributed by atoms with Crippen LogP contribution in [-0.4, -0.2) is 20.3 Å². The molecule has 5 heteroatoms. The minimum atomic E-state index is -0.154. The van der Waals surface area contributed by atoms with Gasteiger partial charge in [0.05, 0.1) is 11.3 Å². The van der Waals surface area contributed by atoms with Gasteiger partial charge in [-0.05, 0) is 25.2 Å². The molecule has 0 radical (unpaired) electrons. The van der Waals surface area contributed by atoms with E-state index in [1.807, 2.05) is 0 Å². The Morgan fingerprint density at radius 3 is 2.74 bits per heavy atom. The predicted octanol–water partition coefficient (Wildman–Crippen LogP) is 3.16. The van der Waals surface area contributed by atoms with Crippen molar-refractivity contribution >= 4 is 11.8 Å². The maximum Gasteiger partial charge on any atom is 0.258 e. The molecule has 1 aliphatic carbocycles. The molecule has 1 atom stereocenters. The third kappa shape index (κ3) is 3.53. The number of aromatic hydroxyl groups is 1. The number of hydrogen-bond donors (Lipinski definition) is 2. The maximum absolute atomic E-state index is 12.1. The van der Waals surface area contributed by atoms with Crippen molar-refractivity contribution in [2.24, 2.45) is 0 Å². The Morgan fingerprint density at radius 1 is 1.47 bits per heavy atom. The highest BCUT2D eigenvalue weighted by Gasteiger charge is 2.24. The molecule has 1 unspecified atom stereocenters. The molecule has 106 valence electrons. The zero-order valence-electron chi connectivity index (χ0n) is 11.6. The summed E-state index contributed by atoms with van der Waals surface area (Å²) in [7, 11) is 0. The zero-order chi connectivity index (χ0) is 13.8. The van der Waals surface area contributed by atoms with E-state index in [1.165, 1.54) is 0 Å². The van der Waals surface area contributed by atoms with Gasteiger partial charge in [0.15, 0.2) is 0 Å². The number of H-pyrrole nitrogens is 1. The summed E-state index contributed by atoms with van der Waals surface area (Å²) in [5.41, 5.74) is 0.342. The van der Waals surface area contributed by atoms with Gasteiger partial charge < -0.3 is 10.1 Å². The Labute approximate surface area is 118 Å². The molecule has 1 aliphatic rings. The van der Waals surface area contributed by atoms with Crippen LogP contribution in [0.25, 0.3) is 0 Å². The van der Waals surface area contributed by atoms with Crippen LogP contribution in [0.2, 0.25) is 0 Å². The SMILES string of the molecule is CCC(C)SCc1nc(O)c(C2CCCC2)c(=O)[nH]1. The molecule has 0 saturated heterocycles. The van der Waals surface area contributed by atoms with Crippen molar-refractivity contribution in [1.29, 1.82) is 0 Å². The van der Waals surface area contributed by atoms with Gasteiger partial charge >= 0.3 is 0 Å². The van der Waals surface area contributed by atoms with Crippen molar-refractivity contribution in [3.05, 3.63) is 21.7 Å². The lowest BCUT2D eigenvalue weighted by atomic mass is 10.00. The summed E-state index contributed by atoms with van der Waals surface area (Å²) < 4.78 is 0. The van der Waals surface area contributed by atoms with E-state index in [4.69, 9.17) is 0 Å². The van der Waals surface area contributed by atoms with Crippen LogP contribution in [0.4, 0.5) is 0 Å². The van der Waals surface area contributed by atoms with Crippen LogP contribution in [0.5, 0.6) is 5.88 Å². The predicted molar refractivity (Wildman–Crippen MR) is 78.8 cm³/mol. The second-order valence-electron chi connectivity index (χ2n) is 5.26. The van der Waals surface area contributed by atoms with E-state index < -0.39 is 0 Å². The molecule has 2 rings (SSSR count). The molecule has 2 N–H and O–H groups in total. The van der Waals surface area contributed by atoms with Gasteiger partial charge in [0.2, 0.25) is 5.88 Å². The van der Waals surface area contributed by atoms with Gasteiger partial charge in [-0.15, -0.1) is 0 Å². The monoisotopic (exact) mass is 282 g/mol. The minimum absolute atomic E-state index is 0.0598. The van der Waals surface area contributed by atoms with E-state index in [-0.39, 0.29) is 17.4 Å². The van der Waals surface area contributed by atoms with Crippen LogP contribution in [-0.2, 0) is 5.75 Å². The van der Waals surface area contributed by atoms with Gasteiger partial charge in [0.1, 0.15) is 5.82 Å². The zero-order valence-corrected chi connectivity index (χ0v) is 12.4. The number of aromatic amines is 1. The Hall–Kier alpha value is -0.970. The molecule has 0 spiro atoms. The Bertz CT molecular complexity index is 481. The molecule has 1 aromatic rings. The molecule has 0 bridgehead atoms. The first-order valence-electron chi connectivity index (χ1n) is 7.05. The lowest BCUT2D eigenvalue weighted by Gasteiger charge is -2.12. The van der Waals surface area contributed by atoms with Gasteiger partial charge in [-0.25, -0.2) is 0 Å². The highest BCUT2D eigenvalue weighted by Crippen LogP contribution is 2.35. The Morgan fingerprint density at radius 2 is 2.16 bits per heavy atom.